The molecule has 3 heteroatoms. The van der Waals surface area contributed by atoms with Crippen molar-refractivity contribution in [1.82, 2.24) is 10.2 Å². The van der Waals surface area contributed by atoms with Gasteiger partial charge in [0.2, 0.25) is 0 Å². The summed E-state index contributed by atoms with van der Waals surface area (Å²) < 4.78 is 0. The second-order valence-electron chi connectivity index (χ2n) is 9.44. The third kappa shape index (κ3) is 3.07. The van der Waals surface area contributed by atoms with Crippen LogP contribution >= 0.6 is 11.8 Å². The lowest BCUT2D eigenvalue weighted by Gasteiger charge is -2.48. The predicted octanol–water partition coefficient (Wildman–Crippen LogP) is 5.84. The summed E-state index contributed by atoms with van der Waals surface area (Å²) in [4.78, 5) is 2.76. The van der Waals surface area contributed by atoms with E-state index in [4.69, 9.17) is 0 Å². The quantitative estimate of drug-likeness (QED) is 0.639. The molecule has 1 heterocycles. The smallest absolute Gasteiger partial charge is 0.132 e. The summed E-state index contributed by atoms with van der Waals surface area (Å²) in [6, 6.07) is 16.0. The Morgan fingerprint density at radius 3 is 2.46 bits per heavy atom. The highest BCUT2D eigenvalue weighted by molar-refractivity contribution is 8.02. The van der Waals surface area contributed by atoms with Crippen LogP contribution in [-0.4, -0.2) is 23.5 Å². The van der Waals surface area contributed by atoms with Crippen LogP contribution in [0.5, 0.6) is 0 Å². The van der Waals surface area contributed by atoms with Crippen molar-refractivity contribution < 1.29 is 0 Å². The van der Waals surface area contributed by atoms with Gasteiger partial charge in [-0.25, -0.2) is 0 Å². The lowest BCUT2D eigenvalue weighted by Crippen LogP contribution is -2.48. The van der Waals surface area contributed by atoms with Crippen LogP contribution in [0.25, 0.3) is 10.8 Å². The van der Waals surface area contributed by atoms with Gasteiger partial charge in [-0.2, -0.15) is 0 Å². The molecule has 0 amide bonds. The number of benzene rings is 2. The first-order valence-electron chi connectivity index (χ1n) is 11.2. The molecule has 1 unspecified atom stereocenters. The number of hydrogen-bond donors (Lipinski definition) is 1. The molecule has 0 bridgehead atoms. The Bertz CT molecular complexity index is 908. The van der Waals surface area contributed by atoms with Crippen LogP contribution in [0.2, 0.25) is 0 Å². The zero-order valence-corrected chi connectivity index (χ0v) is 17.4. The van der Waals surface area contributed by atoms with Gasteiger partial charge >= 0.3 is 0 Å². The monoisotopic (exact) mass is 390 g/mol. The van der Waals surface area contributed by atoms with E-state index in [0.717, 1.165) is 11.8 Å². The van der Waals surface area contributed by atoms with E-state index in [-0.39, 0.29) is 5.41 Å². The first-order valence-corrected chi connectivity index (χ1v) is 12.1. The first-order chi connectivity index (χ1) is 13.8. The van der Waals surface area contributed by atoms with E-state index < -0.39 is 0 Å². The molecule has 146 valence electrons. The lowest BCUT2D eigenvalue weighted by atomic mass is 9.62. The first kappa shape index (κ1) is 17.4. The zero-order valence-electron chi connectivity index (χ0n) is 16.6. The second-order valence-corrected chi connectivity index (χ2v) is 10.4. The van der Waals surface area contributed by atoms with Crippen molar-refractivity contribution >= 4 is 22.5 Å². The standard InChI is InChI=1S/C25H30N2S/c1-2-5-21-14-22(11-10-20(21)4-1)25(12-3-13-25)23-17-28-24(26-15-18-6-7-18)27(23)16-19-8-9-19/h1-2,4-5,10-11,14,17-19,24,26H,3,6-9,12-13,15-16H2. The van der Waals surface area contributed by atoms with Crippen molar-refractivity contribution in [2.45, 2.75) is 55.9 Å². The van der Waals surface area contributed by atoms with Crippen molar-refractivity contribution in [2.24, 2.45) is 11.8 Å². The fourth-order valence-corrected chi connectivity index (χ4v) is 6.17. The van der Waals surface area contributed by atoms with Crippen LogP contribution in [-0.2, 0) is 5.41 Å². The van der Waals surface area contributed by atoms with Gasteiger partial charge in [-0.1, -0.05) is 60.6 Å². The fraction of sp³-hybridized carbons (Fsp3) is 0.520. The highest BCUT2D eigenvalue weighted by atomic mass is 32.2. The van der Waals surface area contributed by atoms with Gasteiger partial charge in [-0.3, -0.25) is 5.32 Å². The number of fused-ring (bicyclic) bond motifs is 1. The highest BCUT2D eigenvalue weighted by Gasteiger charge is 2.48. The van der Waals surface area contributed by atoms with E-state index >= 15 is 0 Å². The Kier molecular flexibility index (Phi) is 4.24. The Balaban J connectivity index is 1.32. The summed E-state index contributed by atoms with van der Waals surface area (Å²) in [5.41, 5.74) is 3.84. The van der Waals surface area contributed by atoms with E-state index in [1.54, 1.807) is 5.70 Å². The largest absolute Gasteiger partial charge is 0.349 e. The van der Waals surface area contributed by atoms with E-state index in [1.807, 2.05) is 11.8 Å². The Morgan fingerprint density at radius 2 is 1.75 bits per heavy atom. The minimum atomic E-state index is 0.238. The second kappa shape index (κ2) is 6.81. The number of thioether (sulfide) groups is 1. The van der Waals surface area contributed by atoms with Crippen molar-refractivity contribution in [3.63, 3.8) is 0 Å². The molecule has 4 aliphatic rings. The number of rotatable bonds is 7. The number of nitrogens with zero attached hydrogens (tertiary/aromatic N) is 1. The van der Waals surface area contributed by atoms with Gasteiger partial charge in [-0.15, -0.1) is 0 Å². The molecular weight excluding hydrogens is 360 g/mol. The maximum absolute atomic E-state index is 3.89. The van der Waals surface area contributed by atoms with Gasteiger partial charge in [-0.05, 0) is 72.1 Å². The van der Waals surface area contributed by atoms with Gasteiger partial charge < -0.3 is 4.90 Å². The van der Waals surface area contributed by atoms with E-state index in [9.17, 15) is 0 Å². The van der Waals surface area contributed by atoms with Crippen LogP contribution in [0, 0.1) is 11.8 Å². The van der Waals surface area contributed by atoms with Crippen LogP contribution < -0.4 is 5.32 Å². The number of hydrogen-bond acceptors (Lipinski definition) is 3. The average Bonchev–Trinajstić information content (AvgIpc) is 3.60. The number of allylic oxidation sites excluding steroid dienone is 1. The van der Waals surface area contributed by atoms with Crippen LogP contribution in [0.1, 0.15) is 50.5 Å². The third-order valence-corrected chi connectivity index (χ3v) is 8.37. The molecule has 0 radical (unpaired) electrons. The number of nitrogens with one attached hydrogen (secondary N) is 1. The molecule has 1 N–H and O–H groups in total. The molecule has 0 saturated heterocycles. The zero-order chi connectivity index (χ0) is 18.6. The fourth-order valence-electron chi connectivity index (χ4n) is 5.01. The molecule has 28 heavy (non-hydrogen) atoms. The third-order valence-electron chi connectivity index (χ3n) is 7.33. The summed E-state index contributed by atoms with van der Waals surface area (Å²) in [6.45, 7) is 2.44. The molecule has 1 aliphatic heterocycles. The summed E-state index contributed by atoms with van der Waals surface area (Å²) in [6.07, 6.45) is 9.65. The normalized spacial score (nSPS) is 26.4. The summed E-state index contributed by atoms with van der Waals surface area (Å²) >= 11 is 2.03. The van der Waals surface area contributed by atoms with Crippen LogP contribution in [0.3, 0.4) is 0 Å². The van der Waals surface area contributed by atoms with Gasteiger partial charge in [0.25, 0.3) is 0 Å². The molecular formula is C25H30N2S. The maximum atomic E-state index is 3.89. The summed E-state index contributed by atoms with van der Waals surface area (Å²) in [5, 5.41) is 9.15. The molecule has 6 rings (SSSR count). The van der Waals surface area contributed by atoms with Gasteiger partial charge in [0, 0.05) is 24.2 Å². The van der Waals surface area contributed by atoms with Crippen molar-refractivity contribution in [2.75, 3.05) is 13.1 Å². The van der Waals surface area contributed by atoms with Crippen molar-refractivity contribution in [3.8, 4) is 0 Å². The molecule has 0 aromatic heterocycles. The molecule has 3 fully saturated rings. The average molecular weight is 391 g/mol. The Hall–Kier alpha value is -1.45. The predicted molar refractivity (Wildman–Crippen MR) is 119 cm³/mol. The van der Waals surface area contributed by atoms with Gasteiger partial charge in [0.15, 0.2) is 0 Å². The van der Waals surface area contributed by atoms with Crippen LogP contribution in [0.4, 0.5) is 0 Å². The minimum absolute atomic E-state index is 0.238. The van der Waals surface area contributed by atoms with Crippen molar-refractivity contribution in [3.05, 3.63) is 59.1 Å². The van der Waals surface area contributed by atoms with E-state index in [1.165, 1.54) is 74.4 Å². The highest BCUT2D eigenvalue weighted by Crippen LogP contribution is 2.54. The molecule has 2 nitrogen and oxygen atoms in total. The Morgan fingerprint density at radius 1 is 0.964 bits per heavy atom. The molecule has 0 spiro atoms. The lowest BCUT2D eigenvalue weighted by molar-refractivity contribution is 0.184. The van der Waals surface area contributed by atoms with Gasteiger partial charge in [0.05, 0.1) is 0 Å². The van der Waals surface area contributed by atoms with E-state index in [0.29, 0.717) is 5.50 Å². The molecule has 2 aromatic rings. The molecule has 3 aliphatic carbocycles. The SMILES string of the molecule is C1=C(C2(c3ccc4ccccc4c3)CCC2)N(CC2CC2)C(NCC2CC2)S1. The molecule has 2 aromatic carbocycles. The summed E-state index contributed by atoms with van der Waals surface area (Å²) in [5.74, 6) is 1.85. The maximum Gasteiger partial charge on any atom is 0.132 e. The van der Waals surface area contributed by atoms with Crippen molar-refractivity contribution in [1.29, 1.82) is 0 Å². The van der Waals surface area contributed by atoms with Crippen LogP contribution in [0.15, 0.2) is 53.6 Å². The van der Waals surface area contributed by atoms with E-state index in [2.05, 4.69) is 58.1 Å². The topological polar surface area (TPSA) is 15.3 Å². The molecule has 1 atom stereocenters. The Labute approximate surface area is 172 Å². The minimum Gasteiger partial charge on any atom is -0.349 e. The summed E-state index contributed by atoms with van der Waals surface area (Å²) in [7, 11) is 0. The molecule has 3 saturated carbocycles. The van der Waals surface area contributed by atoms with Gasteiger partial charge in [0.1, 0.15) is 5.50 Å².